The summed E-state index contributed by atoms with van der Waals surface area (Å²) in [6, 6.07) is 0.0307. The molecule has 2 atom stereocenters. The zero-order valence-electron chi connectivity index (χ0n) is 11.0. The first kappa shape index (κ1) is 14.0. The standard InChI is InChI=1S/C13H23NO3/c1-4-13(2,3)12(17)14-10-7-5-6-9(8-10)11(15)16/h9-10H,4-8H2,1-3H3,(H,14,17)(H,15,16). The number of carbonyl (C=O) groups excluding carboxylic acids is 1. The molecule has 1 fully saturated rings. The molecule has 2 unspecified atom stereocenters. The van der Waals surface area contributed by atoms with Crippen molar-refractivity contribution in [3.05, 3.63) is 0 Å². The lowest BCUT2D eigenvalue weighted by atomic mass is 9.84. The number of amides is 1. The highest BCUT2D eigenvalue weighted by molar-refractivity contribution is 5.82. The molecule has 98 valence electrons. The summed E-state index contributed by atoms with van der Waals surface area (Å²) >= 11 is 0. The van der Waals surface area contributed by atoms with Gasteiger partial charge in [-0.1, -0.05) is 27.2 Å². The normalized spacial score (nSPS) is 25.4. The first-order chi connectivity index (χ1) is 7.86. The summed E-state index contributed by atoms with van der Waals surface area (Å²) in [6.07, 6.45) is 3.87. The maximum absolute atomic E-state index is 12.0. The summed E-state index contributed by atoms with van der Waals surface area (Å²) < 4.78 is 0. The van der Waals surface area contributed by atoms with E-state index in [2.05, 4.69) is 5.32 Å². The van der Waals surface area contributed by atoms with E-state index in [0.29, 0.717) is 6.42 Å². The molecule has 1 aliphatic carbocycles. The Morgan fingerprint density at radius 2 is 2.00 bits per heavy atom. The number of nitrogens with one attached hydrogen (secondary N) is 1. The molecule has 0 radical (unpaired) electrons. The predicted molar refractivity (Wildman–Crippen MR) is 65.6 cm³/mol. The lowest BCUT2D eigenvalue weighted by Crippen LogP contribution is -2.45. The molecule has 1 rings (SSSR count). The first-order valence-electron chi connectivity index (χ1n) is 6.40. The third-order valence-corrected chi connectivity index (χ3v) is 3.86. The molecular formula is C13H23NO3. The van der Waals surface area contributed by atoms with Gasteiger partial charge in [-0.3, -0.25) is 9.59 Å². The van der Waals surface area contributed by atoms with E-state index in [1.54, 1.807) is 0 Å². The van der Waals surface area contributed by atoms with Crippen LogP contribution in [0.25, 0.3) is 0 Å². The van der Waals surface area contributed by atoms with Crippen LogP contribution in [0.3, 0.4) is 0 Å². The predicted octanol–water partition coefficient (Wildman–Crippen LogP) is 2.18. The second kappa shape index (κ2) is 5.52. The number of carboxylic acid groups (broad SMARTS) is 1. The minimum atomic E-state index is -0.737. The number of hydrogen-bond donors (Lipinski definition) is 2. The second-order valence-corrected chi connectivity index (χ2v) is 5.61. The van der Waals surface area contributed by atoms with E-state index in [1.165, 1.54) is 0 Å². The zero-order chi connectivity index (χ0) is 13.1. The van der Waals surface area contributed by atoms with Crippen molar-refractivity contribution in [3.63, 3.8) is 0 Å². The molecule has 4 heteroatoms. The molecule has 0 spiro atoms. The molecule has 0 bridgehead atoms. The fourth-order valence-electron chi connectivity index (χ4n) is 2.09. The maximum atomic E-state index is 12.0. The fourth-order valence-corrected chi connectivity index (χ4v) is 2.09. The van der Waals surface area contributed by atoms with Gasteiger partial charge in [0.15, 0.2) is 0 Å². The first-order valence-corrected chi connectivity index (χ1v) is 6.40. The maximum Gasteiger partial charge on any atom is 0.306 e. The van der Waals surface area contributed by atoms with Gasteiger partial charge in [-0.15, -0.1) is 0 Å². The van der Waals surface area contributed by atoms with Gasteiger partial charge in [0, 0.05) is 11.5 Å². The number of aliphatic carboxylic acids is 1. The van der Waals surface area contributed by atoms with Crippen LogP contribution in [0.5, 0.6) is 0 Å². The van der Waals surface area contributed by atoms with Crippen LogP contribution < -0.4 is 5.32 Å². The molecular weight excluding hydrogens is 218 g/mol. The van der Waals surface area contributed by atoms with Crippen molar-refractivity contribution in [2.75, 3.05) is 0 Å². The Hall–Kier alpha value is -1.06. The SMILES string of the molecule is CCC(C)(C)C(=O)NC1CCCC(C(=O)O)C1. The van der Waals surface area contributed by atoms with E-state index < -0.39 is 5.97 Å². The van der Waals surface area contributed by atoms with Crippen LogP contribution in [0.1, 0.15) is 52.9 Å². The van der Waals surface area contributed by atoms with Crippen molar-refractivity contribution in [2.45, 2.75) is 58.9 Å². The van der Waals surface area contributed by atoms with Crippen molar-refractivity contribution >= 4 is 11.9 Å². The lowest BCUT2D eigenvalue weighted by Gasteiger charge is -2.31. The second-order valence-electron chi connectivity index (χ2n) is 5.61. The van der Waals surface area contributed by atoms with E-state index >= 15 is 0 Å². The van der Waals surface area contributed by atoms with Crippen molar-refractivity contribution in [1.29, 1.82) is 0 Å². The molecule has 0 aromatic carbocycles. The summed E-state index contributed by atoms with van der Waals surface area (Å²) in [5, 5.41) is 12.0. The minimum absolute atomic E-state index is 0.0307. The van der Waals surface area contributed by atoms with Gasteiger partial charge in [0.2, 0.25) is 5.91 Å². The lowest BCUT2D eigenvalue weighted by molar-refractivity contribution is -0.143. The Morgan fingerprint density at radius 3 is 2.53 bits per heavy atom. The molecule has 17 heavy (non-hydrogen) atoms. The highest BCUT2D eigenvalue weighted by Gasteiger charge is 2.31. The Kier molecular flexibility index (Phi) is 4.54. The van der Waals surface area contributed by atoms with Gasteiger partial charge in [0.1, 0.15) is 0 Å². The van der Waals surface area contributed by atoms with Crippen molar-refractivity contribution in [1.82, 2.24) is 5.32 Å². The van der Waals surface area contributed by atoms with E-state index in [4.69, 9.17) is 5.11 Å². The van der Waals surface area contributed by atoms with Crippen LogP contribution in [0.15, 0.2) is 0 Å². The van der Waals surface area contributed by atoms with Gasteiger partial charge in [-0.05, 0) is 25.7 Å². The molecule has 0 aliphatic heterocycles. The summed E-state index contributed by atoms with van der Waals surface area (Å²) in [7, 11) is 0. The molecule has 0 saturated heterocycles. The van der Waals surface area contributed by atoms with Crippen molar-refractivity contribution in [3.8, 4) is 0 Å². The van der Waals surface area contributed by atoms with Gasteiger partial charge >= 0.3 is 5.97 Å². The van der Waals surface area contributed by atoms with E-state index in [0.717, 1.165) is 25.7 Å². The zero-order valence-corrected chi connectivity index (χ0v) is 11.0. The highest BCUT2D eigenvalue weighted by Crippen LogP contribution is 2.26. The molecule has 1 aliphatic rings. The van der Waals surface area contributed by atoms with Crippen LogP contribution in [-0.4, -0.2) is 23.0 Å². The summed E-state index contributed by atoms with van der Waals surface area (Å²) in [5.74, 6) is -0.992. The number of carboxylic acids is 1. The Morgan fingerprint density at radius 1 is 1.35 bits per heavy atom. The van der Waals surface area contributed by atoms with Crippen LogP contribution in [0.2, 0.25) is 0 Å². The minimum Gasteiger partial charge on any atom is -0.481 e. The molecule has 4 nitrogen and oxygen atoms in total. The average molecular weight is 241 g/mol. The van der Waals surface area contributed by atoms with Crippen molar-refractivity contribution in [2.24, 2.45) is 11.3 Å². The monoisotopic (exact) mass is 241 g/mol. The van der Waals surface area contributed by atoms with Gasteiger partial charge in [0.25, 0.3) is 0 Å². The van der Waals surface area contributed by atoms with Crippen LogP contribution in [0.4, 0.5) is 0 Å². The smallest absolute Gasteiger partial charge is 0.306 e. The molecule has 0 aromatic rings. The average Bonchev–Trinajstić information content (AvgIpc) is 2.29. The van der Waals surface area contributed by atoms with Gasteiger partial charge < -0.3 is 10.4 Å². The largest absolute Gasteiger partial charge is 0.481 e. The van der Waals surface area contributed by atoms with Crippen LogP contribution in [-0.2, 0) is 9.59 Å². The Labute approximate surface area is 103 Å². The quantitative estimate of drug-likeness (QED) is 0.792. The van der Waals surface area contributed by atoms with Gasteiger partial charge in [-0.25, -0.2) is 0 Å². The molecule has 1 saturated carbocycles. The molecule has 2 N–H and O–H groups in total. The summed E-state index contributed by atoms with van der Waals surface area (Å²) in [5.41, 5.74) is -0.365. The number of rotatable bonds is 4. The highest BCUT2D eigenvalue weighted by atomic mass is 16.4. The Bertz CT molecular complexity index is 299. The third-order valence-electron chi connectivity index (χ3n) is 3.86. The Balaban J connectivity index is 2.52. The van der Waals surface area contributed by atoms with Gasteiger partial charge in [0.05, 0.1) is 5.92 Å². The van der Waals surface area contributed by atoms with Crippen LogP contribution in [0, 0.1) is 11.3 Å². The van der Waals surface area contributed by atoms with Crippen LogP contribution >= 0.6 is 0 Å². The summed E-state index contributed by atoms with van der Waals surface area (Å²) in [6.45, 7) is 5.82. The summed E-state index contributed by atoms with van der Waals surface area (Å²) in [4.78, 5) is 22.9. The fraction of sp³-hybridized carbons (Fsp3) is 0.846. The van der Waals surface area contributed by atoms with Gasteiger partial charge in [-0.2, -0.15) is 0 Å². The molecule has 1 amide bonds. The molecule has 0 heterocycles. The number of carbonyl (C=O) groups is 2. The van der Waals surface area contributed by atoms with Crippen molar-refractivity contribution < 1.29 is 14.7 Å². The van der Waals surface area contributed by atoms with E-state index in [-0.39, 0.29) is 23.3 Å². The number of hydrogen-bond acceptors (Lipinski definition) is 2. The molecule has 0 aromatic heterocycles. The third kappa shape index (κ3) is 3.72. The topological polar surface area (TPSA) is 66.4 Å². The van der Waals surface area contributed by atoms with E-state index in [9.17, 15) is 9.59 Å². The van der Waals surface area contributed by atoms with E-state index in [1.807, 2.05) is 20.8 Å².